The van der Waals surface area contributed by atoms with Crippen LogP contribution in [0.5, 0.6) is 0 Å². The van der Waals surface area contributed by atoms with E-state index in [-0.39, 0.29) is 16.7 Å². The molecule has 2 rings (SSSR count). The smallest absolute Gasteiger partial charge is 0.111 e. The molecule has 3 unspecified atom stereocenters. The highest BCUT2D eigenvalue weighted by molar-refractivity contribution is 5.29. The van der Waals surface area contributed by atoms with Crippen LogP contribution in [0.2, 0.25) is 0 Å². The summed E-state index contributed by atoms with van der Waals surface area (Å²) in [6.07, 6.45) is -6.41. The summed E-state index contributed by atoms with van der Waals surface area (Å²) in [4.78, 5) is 0. The fourth-order valence-electron chi connectivity index (χ4n) is 4.95. The molecule has 0 aliphatic carbocycles. The summed E-state index contributed by atoms with van der Waals surface area (Å²) in [6, 6.07) is 16.8. The first-order valence-electron chi connectivity index (χ1n) is 13.7. The van der Waals surface area contributed by atoms with Gasteiger partial charge in [-0.05, 0) is 64.2 Å². The van der Waals surface area contributed by atoms with Crippen LogP contribution in [-0.4, -0.2) is 67.8 Å². The highest BCUT2D eigenvalue weighted by Crippen LogP contribution is 2.29. The molecule has 0 bridgehead atoms. The molecule has 6 N–H and O–H groups in total. The predicted molar refractivity (Wildman–Crippen MR) is 152 cm³/mol. The van der Waals surface area contributed by atoms with E-state index in [1.54, 1.807) is 0 Å². The maximum absolute atomic E-state index is 11.2. The SMILES string of the molecule is CC(Cc1ccc(C(C)(C)C)cc1)CC(Cc1ccc(C(C)(C)C)cc1)C(O)[C@@H](O)[C@@H](O)[C@H](O)[C@@H](O)CO. The molecule has 214 valence electrons. The molecule has 6 nitrogen and oxygen atoms in total. The van der Waals surface area contributed by atoms with Crippen LogP contribution in [0.1, 0.15) is 77.1 Å². The molecule has 0 heterocycles. The molecular weight excluding hydrogens is 480 g/mol. The van der Waals surface area contributed by atoms with Gasteiger partial charge in [0.05, 0.1) is 12.7 Å². The third kappa shape index (κ3) is 9.15. The van der Waals surface area contributed by atoms with E-state index in [0.717, 1.165) is 12.0 Å². The van der Waals surface area contributed by atoms with Crippen molar-refractivity contribution in [3.8, 4) is 0 Å². The van der Waals surface area contributed by atoms with Crippen molar-refractivity contribution in [3.05, 3.63) is 70.8 Å². The van der Waals surface area contributed by atoms with Crippen LogP contribution < -0.4 is 0 Å². The van der Waals surface area contributed by atoms with Crippen LogP contribution in [0.15, 0.2) is 48.5 Å². The number of benzene rings is 2. The Morgan fingerprint density at radius 2 is 0.974 bits per heavy atom. The second-order valence-electron chi connectivity index (χ2n) is 13.1. The Hall–Kier alpha value is -1.80. The minimum absolute atomic E-state index is 0.0124. The zero-order valence-electron chi connectivity index (χ0n) is 24.2. The molecule has 0 spiro atoms. The monoisotopic (exact) mass is 530 g/mol. The van der Waals surface area contributed by atoms with Crippen molar-refractivity contribution in [2.24, 2.45) is 11.8 Å². The van der Waals surface area contributed by atoms with Gasteiger partial charge in [0, 0.05) is 0 Å². The first-order valence-corrected chi connectivity index (χ1v) is 13.7. The second-order valence-corrected chi connectivity index (χ2v) is 13.1. The van der Waals surface area contributed by atoms with Crippen molar-refractivity contribution in [1.29, 1.82) is 0 Å². The van der Waals surface area contributed by atoms with Crippen LogP contribution in [0.3, 0.4) is 0 Å². The van der Waals surface area contributed by atoms with Gasteiger partial charge in [0.25, 0.3) is 0 Å². The zero-order chi connectivity index (χ0) is 28.8. The third-order valence-electron chi connectivity index (χ3n) is 7.54. The second kappa shape index (κ2) is 13.5. The van der Waals surface area contributed by atoms with E-state index >= 15 is 0 Å². The van der Waals surface area contributed by atoms with E-state index < -0.39 is 43.0 Å². The van der Waals surface area contributed by atoms with Gasteiger partial charge in [-0.1, -0.05) is 97.0 Å². The van der Waals surface area contributed by atoms with Gasteiger partial charge in [0.2, 0.25) is 0 Å². The van der Waals surface area contributed by atoms with Gasteiger partial charge in [-0.2, -0.15) is 0 Å². The standard InChI is InChI=1S/C32H50O6/c1-20(16-21-8-12-24(13-9-21)31(2,3)4)17-23(18-22-10-14-25(15-11-22)32(5,6)7)27(35)29(37)30(38)28(36)26(34)19-33/h8-15,20,23,26-30,33-38H,16-19H2,1-7H3/t20?,23?,26-,27?,28+,29+,30-/m0/s1. The van der Waals surface area contributed by atoms with Gasteiger partial charge in [0.15, 0.2) is 0 Å². The van der Waals surface area contributed by atoms with Gasteiger partial charge >= 0.3 is 0 Å². The molecule has 0 saturated carbocycles. The molecule has 0 aliphatic heterocycles. The van der Waals surface area contributed by atoms with Gasteiger partial charge in [0.1, 0.15) is 24.4 Å². The lowest BCUT2D eigenvalue weighted by Gasteiger charge is -2.34. The quantitative estimate of drug-likeness (QED) is 0.250. The molecule has 0 amide bonds. The molecule has 0 aromatic heterocycles. The van der Waals surface area contributed by atoms with Crippen LogP contribution >= 0.6 is 0 Å². The Morgan fingerprint density at radius 1 is 0.579 bits per heavy atom. The van der Waals surface area contributed by atoms with Crippen molar-refractivity contribution in [2.75, 3.05) is 6.61 Å². The summed E-state index contributed by atoms with van der Waals surface area (Å²) in [7, 11) is 0. The van der Waals surface area contributed by atoms with E-state index in [4.69, 9.17) is 5.11 Å². The van der Waals surface area contributed by atoms with E-state index in [0.29, 0.717) is 12.8 Å². The summed E-state index contributed by atoms with van der Waals surface area (Å²) in [5, 5.41) is 61.3. The van der Waals surface area contributed by atoms with Crippen LogP contribution in [0, 0.1) is 11.8 Å². The van der Waals surface area contributed by atoms with Crippen LogP contribution in [-0.2, 0) is 23.7 Å². The number of aliphatic hydroxyl groups excluding tert-OH is 6. The van der Waals surface area contributed by atoms with Gasteiger partial charge in [-0.3, -0.25) is 0 Å². The lowest BCUT2D eigenvalue weighted by molar-refractivity contribution is -0.149. The lowest BCUT2D eigenvalue weighted by Crippen LogP contribution is -2.52. The Balaban J connectivity index is 2.23. The van der Waals surface area contributed by atoms with Gasteiger partial charge in [-0.25, -0.2) is 0 Å². The molecule has 0 radical (unpaired) electrons. The molecule has 38 heavy (non-hydrogen) atoms. The molecule has 2 aromatic carbocycles. The fraction of sp³-hybridized carbons (Fsp3) is 0.625. The maximum Gasteiger partial charge on any atom is 0.111 e. The molecule has 0 fully saturated rings. The average Bonchev–Trinajstić information content (AvgIpc) is 2.85. The van der Waals surface area contributed by atoms with Crippen LogP contribution in [0.25, 0.3) is 0 Å². The van der Waals surface area contributed by atoms with E-state index in [9.17, 15) is 25.5 Å². The summed E-state index contributed by atoms with van der Waals surface area (Å²) in [5.41, 5.74) is 4.74. The number of hydrogen-bond donors (Lipinski definition) is 6. The molecular formula is C32H50O6. The van der Waals surface area contributed by atoms with E-state index in [1.165, 1.54) is 16.7 Å². The van der Waals surface area contributed by atoms with Crippen molar-refractivity contribution in [3.63, 3.8) is 0 Å². The summed E-state index contributed by atoms with van der Waals surface area (Å²) < 4.78 is 0. The first kappa shape index (κ1) is 32.4. The van der Waals surface area contributed by atoms with Crippen molar-refractivity contribution >= 4 is 0 Å². The van der Waals surface area contributed by atoms with Crippen molar-refractivity contribution < 1.29 is 30.6 Å². The van der Waals surface area contributed by atoms with E-state index in [2.05, 4.69) is 84.9 Å². The normalized spacial score (nSPS) is 18.3. The maximum atomic E-state index is 11.2. The third-order valence-corrected chi connectivity index (χ3v) is 7.54. The van der Waals surface area contributed by atoms with Crippen LogP contribution in [0.4, 0.5) is 0 Å². The van der Waals surface area contributed by atoms with Gasteiger partial charge in [-0.15, -0.1) is 0 Å². The lowest BCUT2D eigenvalue weighted by atomic mass is 9.79. The largest absolute Gasteiger partial charge is 0.394 e. The fourth-order valence-corrected chi connectivity index (χ4v) is 4.95. The van der Waals surface area contributed by atoms with Crippen molar-refractivity contribution in [1.82, 2.24) is 0 Å². The number of aliphatic hydroxyl groups is 6. The average molecular weight is 531 g/mol. The number of hydrogen-bond acceptors (Lipinski definition) is 6. The predicted octanol–water partition coefficient (Wildman–Crippen LogP) is 3.51. The molecule has 0 aliphatic rings. The van der Waals surface area contributed by atoms with E-state index in [1.807, 2.05) is 12.1 Å². The Bertz CT molecular complexity index is 957. The Morgan fingerprint density at radius 3 is 1.37 bits per heavy atom. The first-order chi connectivity index (χ1) is 17.5. The van der Waals surface area contributed by atoms with Gasteiger partial charge < -0.3 is 30.6 Å². The summed E-state index contributed by atoms with van der Waals surface area (Å²) in [5.74, 6) is -0.247. The highest BCUT2D eigenvalue weighted by atomic mass is 16.4. The minimum atomic E-state index is -1.81. The Kier molecular flexibility index (Phi) is 11.5. The molecule has 7 atom stereocenters. The Labute approximate surface area is 229 Å². The molecule has 2 aromatic rings. The van der Waals surface area contributed by atoms with Crippen molar-refractivity contribution in [2.45, 2.75) is 109 Å². The highest BCUT2D eigenvalue weighted by Gasteiger charge is 2.37. The summed E-state index contributed by atoms with van der Waals surface area (Å²) >= 11 is 0. The topological polar surface area (TPSA) is 121 Å². The number of rotatable bonds is 12. The molecule has 6 heteroatoms. The zero-order valence-corrected chi connectivity index (χ0v) is 24.2. The molecule has 0 saturated heterocycles. The summed E-state index contributed by atoms with van der Waals surface area (Å²) in [6.45, 7) is 14.3. The minimum Gasteiger partial charge on any atom is -0.394 e.